The Morgan fingerprint density at radius 1 is 1.15 bits per heavy atom. The van der Waals surface area contributed by atoms with Gasteiger partial charge in [0.05, 0.1) is 23.4 Å². The number of unbranched alkanes of at least 4 members (excludes halogenated alkanes) is 3. The number of carbonyl (C=O) groups excluding carboxylic acids is 1. The van der Waals surface area contributed by atoms with Crippen LogP contribution in [0.1, 0.15) is 48.5 Å². The van der Waals surface area contributed by atoms with Gasteiger partial charge in [0.15, 0.2) is 0 Å². The van der Waals surface area contributed by atoms with E-state index in [0.29, 0.717) is 17.2 Å². The van der Waals surface area contributed by atoms with E-state index in [9.17, 15) is 4.79 Å². The van der Waals surface area contributed by atoms with Crippen LogP contribution in [0.5, 0.6) is 5.75 Å². The van der Waals surface area contributed by atoms with E-state index in [1.807, 2.05) is 24.3 Å². The molecule has 0 saturated heterocycles. The SMILES string of the molecule is CCCCCCOc1ccccc1/C=N\NC(=O)c1ccc(Cl)cc1Cl. The van der Waals surface area contributed by atoms with Gasteiger partial charge in [-0.3, -0.25) is 4.79 Å². The van der Waals surface area contributed by atoms with Crippen LogP contribution >= 0.6 is 23.2 Å². The lowest BCUT2D eigenvalue weighted by Crippen LogP contribution is -2.18. The molecule has 6 heteroatoms. The first-order chi connectivity index (χ1) is 12.6. The van der Waals surface area contributed by atoms with E-state index in [4.69, 9.17) is 27.9 Å². The maximum Gasteiger partial charge on any atom is 0.272 e. The minimum absolute atomic E-state index is 0.279. The number of carbonyl (C=O) groups is 1. The van der Waals surface area contributed by atoms with Gasteiger partial charge in [-0.15, -0.1) is 0 Å². The Balaban J connectivity index is 1.94. The fraction of sp³-hybridized carbons (Fsp3) is 0.300. The summed E-state index contributed by atoms with van der Waals surface area (Å²) in [6.45, 7) is 2.84. The summed E-state index contributed by atoms with van der Waals surface area (Å²) in [5, 5.41) is 4.75. The van der Waals surface area contributed by atoms with Crippen LogP contribution in [-0.2, 0) is 0 Å². The second-order valence-electron chi connectivity index (χ2n) is 5.77. The van der Waals surface area contributed by atoms with Crippen LogP contribution in [0, 0.1) is 0 Å². The first-order valence-corrected chi connectivity index (χ1v) is 9.37. The molecular formula is C20H22Cl2N2O2. The van der Waals surface area contributed by atoms with Gasteiger partial charge in [0.1, 0.15) is 5.75 Å². The van der Waals surface area contributed by atoms with Crippen LogP contribution in [-0.4, -0.2) is 18.7 Å². The van der Waals surface area contributed by atoms with Gasteiger partial charge in [-0.1, -0.05) is 61.5 Å². The zero-order valence-electron chi connectivity index (χ0n) is 14.7. The molecule has 0 aromatic heterocycles. The highest BCUT2D eigenvalue weighted by molar-refractivity contribution is 6.36. The van der Waals surface area contributed by atoms with Crippen molar-refractivity contribution in [2.24, 2.45) is 5.10 Å². The van der Waals surface area contributed by atoms with Gasteiger partial charge < -0.3 is 4.74 Å². The molecule has 2 aromatic rings. The summed E-state index contributed by atoms with van der Waals surface area (Å²) in [6, 6.07) is 12.2. The predicted molar refractivity (Wildman–Crippen MR) is 108 cm³/mol. The Hall–Kier alpha value is -2.04. The molecular weight excluding hydrogens is 371 g/mol. The average Bonchev–Trinajstić information content (AvgIpc) is 2.62. The quantitative estimate of drug-likeness (QED) is 0.337. The van der Waals surface area contributed by atoms with E-state index in [0.717, 1.165) is 24.2 Å². The molecule has 0 atom stereocenters. The monoisotopic (exact) mass is 392 g/mol. The van der Waals surface area contributed by atoms with Gasteiger partial charge in [-0.25, -0.2) is 5.43 Å². The van der Waals surface area contributed by atoms with Crippen molar-refractivity contribution < 1.29 is 9.53 Å². The maximum atomic E-state index is 12.1. The smallest absolute Gasteiger partial charge is 0.272 e. The number of nitrogens with zero attached hydrogens (tertiary/aromatic N) is 1. The molecule has 0 aliphatic carbocycles. The van der Waals surface area contributed by atoms with Gasteiger partial charge in [0.25, 0.3) is 5.91 Å². The zero-order chi connectivity index (χ0) is 18.8. The molecule has 2 rings (SSSR count). The second kappa shape index (κ2) is 10.8. The number of amides is 1. The van der Waals surface area contributed by atoms with Crippen LogP contribution in [0.3, 0.4) is 0 Å². The highest BCUT2D eigenvalue weighted by atomic mass is 35.5. The van der Waals surface area contributed by atoms with Crippen molar-refractivity contribution in [3.8, 4) is 5.75 Å². The van der Waals surface area contributed by atoms with Crippen LogP contribution in [0.25, 0.3) is 0 Å². The molecule has 4 nitrogen and oxygen atoms in total. The number of hydrogen-bond acceptors (Lipinski definition) is 3. The fourth-order valence-electron chi connectivity index (χ4n) is 2.32. The van der Waals surface area contributed by atoms with Crippen LogP contribution in [0.2, 0.25) is 10.0 Å². The Kier molecular flexibility index (Phi) is 8.45. The van der Waals surface area contributed by atoms with E-state index in [1.165, 1.54) is 18.9 Å². The minimum atomic E-state index is -0.402. The molecule has 138 valence electrons. The highest BCUT2D eigenvalue weighted by Crippen LogP contribution is 2.21. The van der Waals surface area contributed by atoms with Crippen molar-refractivity contribution in [1.29, 1.82) is 0 Å². The van der Waals surface area contributed by atoms with Gasteiger partial charge >= 0.3 is 0 Å². The lowest BCUT2D eigenvalue weighted by Gasteiger charge is -2.08. The van der Waals surface area contributed by atoms with Crippen molar-refractivity contribution in [3.63, 3.8) is 0 Å². The molecule has 0 aliphatic heterocycles. The first kappa shape index (κ1) is 20.3. The van der Waals surface area contributed by atoms with Gasteiger partial charge in [0.2, 0.25) is 0 Å². The van der Waals surface area contributed by atoms with Crippen molar-refractivity contribution in [2.45, 2.75) is 32.6 Å². The topological polar surface area (TPSA) is 50.7 Å². The summed E-state index contributed by atoms with van der Waals surface area (Å²) in [4.78, 5) is 12.1. The molecule has 0 heterocycles. The number of hydrogen-bond donors (Lipinski definition) is 1. The maximum absolute atomic E-state index is 12.1. The van der Waals surface area contributed by atoms with E-state index >= 15 is 0 Å². The molecule has 0 spiro atoms. The van der Waals surface area contributed by atoms with Crippen molar-refractivity contribution in [2.75, 3.05) is 6.61 Å². The number of hydrazone groups is 1. The predicted octanol–water partition coefficient (Wildman–Crippen LogP) is 5.72. The van der Waals surface area contributed by atoms with Gasteiger partial charge in [0, 0.05) is 10.6 Å². The number of halogens is 2. The second-order valence-corrected chi connectivity index (χ2v) is 6.61. The molecule has 1 N–H and O–H groups in total. The minimum Gasteiger partial charge on any atom is -0.493 e. The Labute approximate surface area is 164 Å². The number of ether oxygens (including phenoxy) is 1. The highest BCUT2D eigenvalue weighted by Gasteiger charge is 2.09. The molecule has 2 aromatic carbocycles. The summed E-state index contributed by atoms with van der Waals surface area (Å²) in [6.07, 6.45) is 6.14. The Morgan fingerprint density at radius 2 is 1.96 bits per heavy atom. The van der Waals surface area contributed by atoms with E-state index in [2.05, 4.69) is 17.5 Å². The molecule has 0 unspecified atom stereocenters. The molecule has 0 bridgehead atoms. The molecule has 0 fully saturated rings. The van der Waals surface area contributed by atoms with Crippen molar-refractivity contribution in [3.05, 3.63) is 63.6 Å². The molecule has 0 saturated carbocycles. The van der Waals surface area contributed by atoms with Gasteiger partial charge in [-0.05, 0) is 36.8 Å². The molecule has 26 heavy (non-hydrogen) atoms. The first-order valence-electron chi connectivity index (χ1n) is 8.62. The summed E-state index contributed by atoms with van der Waals surface area (Å²) < 4.78 is 5.82. The summed E-state index contributed by atoms with van der Waals surface area (Å²) in [7, 11) is 0. The molecule has 0 radical (unpaired) electrons. The summed E-state index contributed by atoms with van der Waals surface area (Å²) in [5.74, 6) is 0.340. The Morgan fingerprint density at radius 3 is 2.73 bits per heavy atom. The van der Waals surface area contributed by atoms with E-state index in [1.54, 1.807) is 18.3 Å². The third-order valence-electron chi connectivity index (χ3n) is 3.72. The third kappa shape index (κ3) is 6.36. The largest absolute Gasteiger partial charge is 0.493 e. The normalized spacial score (nSPS) is 10.9. The third-order valence-corrected chi connectivity index (χ3v) is 4.27. The fourth-order valence-corrected chi connectivity index (χ4v) is 2.82. The average molecular weight is 393 g/mol. The zero-order valence-corrected chi connectivity index (χ0v) is 16.2. The van der Waals surface area contributed by atoms with E-state index in [-0.39, 0.29) is 5.02 Å². The Bertz CT molecular complexity index is 763. The molecule has 0 aliphatic rings. The lowest BCUT2D eigenvalue weighted by atomic mass is 10.2. The van der Waals surface area contributed by atoms with Crippen LogP contribution in [0.4, 0.5) is 0 Å². The van der Waals surface area contributed by atoms with Crippen LogP contribution < -0.4 is 10.2 Å². The molecule has 1 amide bonds. The van der Waals surface area contributed by atoms with Crippen LogP contribution in [0.15, 0.2) is 47.6 Å². The van der Waals surface area contributed by atoms with Crippen molar-refractivity contribution in [1.82, 2.24) is 5.43 Å². The summed E-state index contributed by atoms with van der Waals surface area (Å²) >= 11 is 11.9. The van der Waals surface area contributed by atoms with E-state index < -0.39 is 5.91 Å². The summed E-state index contributed by atoms with van der Waals surface area (Å²) in [5.41, 5.74) is 3.58. The number of nitrogens with one attached hydrogen (secondary N) is 1. The lowest BCUT2D eigenvalue weighted by molar-refractivity contribution is 0.0955. The van der Waals surface area contributed by atoms with Gasteiger partial charge in [-0.2, -0.15) is 5.10 Å². The number of rotatable bonds is 9. The standard InChI is InChI=1S/C20H22Cl2N2O2/c1-2-3-4-7-12-26-19-9-6-5-8-15(19)14-23-24-20(25)17-11-10-16(21)13-18(17)22/h5-6,8-11,13-14H,2-4,7,12H2,1H3,(H,24,25)/b23-14-. The number of benzene rings is 2. The number of para-hydroxylation sites is 1. The van der Waals surface area contributed by atoms with Crippen molar-refractivity contribution >= 4 is 35.3 Å².